The highest BCUT2D eigenvalue weighted by Crippen LogP contribution is 2.34. The first kappa shape index (κ1) is 37.0. The van der Waals surface area contributed by atoms with Gasteiger partial charge in [-0.05, 0) is 0 Å². The molecule has 0 aromatic carbocycles. The molecule has 4 heterocycles. The Balaban J connectivity index is 1.56. The molecule has 21 nitrogen and oxygen atoms in total. The third-order valence-electron chi connectivity index (χ3n) is 8.21. The summed E-state index contributed by atoms with van der Waals surface area (Å²) >= 11 is 0. The molecule has 0 aromatic rings. The maximum atomic E-state index is 11.1. The second kappa shape index (κ2) is 15.6. The lowest BCUT2D eigenvalue weighted by Crippen LogP contribution is -2.67. The van der Waals surface area contributed by atoms with Crippen molar-refractivity contribution in [3.05, 3.63) is 0 Å². The molecule has 4 aliphatic heterocycles. The van der Waals surface area contributed by atoms with Gasteiger partial charge in [0.2, 0.25) is 0 Å². The van der Waals surface area contributed by atoms with E-state index < -0.39 is 149 Å². The van der Waals surface area contributed by atoms with Gasteiger partial charge in [0.1, 0.15) is 97.7 Å². The minimum atomic E-state index is -2.07. The molecule has 0 aliphatic carbocycles. The van der Waals surface area contributed by atoms with Crippen LogP contribution in [0, 0.1) is 0 Å². The van der Waals surface area contributed by atoms with Crippen molar-refractivity contribution in [1.82, 2.24) is 0 Å². The van der Waals surface area contributed by atoms with Crippen molar-refractivity contribution < 1.29 is 105 Å². The van der Waals surface area contributed by atoms with Crippen LogP contribution in [0.3, 0.4) is 0 Å². The maximum Gasteiger partial charge on any atom is 0.187 e. The quantitative estimate of drug-likeness (QED) is 0.103. The lowest BCUT2D eigenvalue weighted by molar-refractivity contribution is -0.399. The van der Waals surface area contributed by atoms with E-state index >= 15 is 0 Å². The van der Waals surface area contributed by atoms with Crippen LogP contribution in [-0.2, 0) is 33.2 Å². The van der Waals surface area contributed by atoms with E-state index in [1.807, 2.05) is 0 Å². The summed E-state index contributed by atoms with van der Waals surface area (Å²) in [5.41, 5.74) is 0. The summed E-state index contributed by atoms with van der Waals surface area (Å²) in [7, 11) is 0. The molecule has 0 bridgehead atoms. The first-order valence-corrected chi connectivity index (χ1v) is 14.1. The lowest BCUT2D eigenvalue weighted by atomic mass is 9.96. The van der Waals surface area contributed by atoms with Crippen molar-refractivity contribution in [3.8, 4) is 0 Å². The number of hydrogen-bond acceptors (Lipinski definition) is 21. The number of aliphatic hydroxyl groups is 14. The number of aliphatic hydroxyl groups excluding tert-OH is 14. The van der Waals surface area contributed by atoms with Gasteiger partial charge in [-0.3, -0.25) is 0 Å². The molecule has 0 amide bonds. The number of rotatable bonds is 10. The number of ether oxygens (including phenoxy) is 7. The van der Waals surface area contributed by atoms with Crippen molar-refractivity contribution in [2.45, 2.75) is 123 Å². The van der Waals surface area contributed by atoms with Crippen molar-refractivity contribution in [1.29, 1.82) is 0 Å². The molecule has 0 saturated carbocycles. The van der Waals surface area contributed by atoms with E-state index in [1.54, 1.807) is 0 Å². The van der Waals surface area contributed by atoms with Crippen LogP contribution >= 0.6 is 0 Å². The second-order valence-corrected chi connectivity index (χ2v) is 11.1. The summed E-state index contributed by atoms with van der Waals surface area (Å²) in [6.45, 7) is -3.39. The molecule has 0 radical (unpaired) electrons. The molecule has 0 spiro atoms. The van der Waals surface area contributed by atoms with Crippen LogP contribution in [0.2, 0.25) is 0 Å². The fraction of sp³-hybridized carbons (Fsp3) is 1.00. The van der Waals surface area contributed by atoms with Crippen LogP contribution < -0.4 is 0 Å². The summed E-state index contributed by atoms with van der Waals surface area (Å²) in [5.74, 6) is 0. The third kappa shape index (κ3) is 7.44. The van der Waals surface area contributed by atoms with Gasteiger partial charge in [0, 0.05) is 0 Å². The predicted octanol–water partition coefficient (Wildman–Crippen LogP) is -9.75. The van der Waals surface area contributed by atoms with Crippen molar-refractivity contribution in [2.24, 2.45) is 0 Å². The molecule has 4 rings (SSSR count). The third-order valence-corrected chi connectivity index (χ3v) is 8.21. The van der Waals surface area contributed by atoms with Gasteiger partial charge in [0.05, 0.1) is 26.4 Å². The molecule has 4 aliphatic rings. The molecular formula is C24H42O21. The fourth-order valence-electron chi connectivity index (χ4n) is 5.50. The van der Waals surface area contributed by atoms with Gasteiger partial charge in [-0.2, -0.15) is 0 Å². The SMILES string of the molecule is OC[C@H]1O[C@H](O[C@@H]2[C@H](O)[C@@H](O[C@@H]3[C@@H](O[C@H]4[C@@H](O)[C@H](O)[C@@H](CO)O[C@@H]4O)O[C@H](CO)[C@@H](O)[C@@H]3O)O[C@H](CO)[C@H]2O)[C@H](O)[C@@H](O)[C@@H]1O. The van der Waals surface area contributed by atoms with Gasteiger partial charge in [-0.15, -0.1) is 0 Å². The molecule has 4 fully saturated rings. The first-order chi connectivity index (χ1) is 21.3. The predicted molar refractivity (Wildman–Crippen MR) is 134 cm³/mol. The summed E-state index contributed by atoms with van der Waals surface area (Å²) in [6, 6.07) is 0. The molecule has 45 heavy (non-hydrogen) atoms. The number of hydrogen-bond donors (Lipinski definition) is 14. The summed E-state index contributed by atoms with van der Waals surface area (Å²) in [4.78, 5) is 0. The Labute approximate surface area is 254 Å². The Morgan fingerprint density at radius 1 is 0.333 bits per heavy atom. The van der Waals surface area contributed by atoms with Crippen LogP contribution in [0.4, 0.5) is 0 Å². The smallest absolute Gasteiger partial charge is 0.187 e. The zero-order valence-corrected chi connectivity index (χ0v) is 23.5. The van der Waals surface area contributed by atoms with Crippen LogP contribution in [0.5, 0.6) is 0 Å². The van der Waals surface area contributed by atoms with Crippen molar-refractivity contribution >= 4 is 0 Å². The summed E-state index contributed by atoms with van der Waals surface area (Å²) in [5, 5.41) is 143. The highest BCUT2D eigenvalue weighted by Gasteiger charge is 2.55. The maximum absolute atomic E-state index is 11.1. The van der Waals surface area contributed by atoms with Gasteiger partial charge >= 0.3 is 0 Å². The van der Waals surface area contributed by atoms with Crippen LogP contribution in [0.25, 0.3) is 0 Å². The van der Waals surface area contributed by atoms with Gasteiger partial charge in [-0.1, -0.05) is 0 Å². The van der Waals surface area contributed by atoms with Crippen LogP contribution in [0.1, 0.15) is 0 Å². The lowest BCUT2D eigenvalue weighted by Gasteiger charge is -2.49. The Morgan fingerprint density at radius 3 is 1.24 bits per heavy atom. The molecule has 264 valence electrons. The largest absolute Gasteiger partial charge is 0.394 e. The Morgan fingerprint density at radius 2 is 0.711 bits per heavy atom. The molecule has 0 aromatic heterocycles. The van der Waals surface area contributed by atoms with E-state index in [0.717, 1.165) is 0 Å². The molecule has 21 heteroatoms. The molecule has 20 atom stereocenters. The normalized spacial score (nSPS) is 52.9. The van der Waals surface area contributed by atoms with Gasteiger partial charge in [0.15, 0.2) is 25.2 Å². The average molecular weight is 667 g/mol. The van der Waals surface area contributed by atoms with Crippen molar-refractivity contribution in [3.63, 3.8) is 0 Å². The van der Waals surface area contributed by atoms with E-state index in [9.17, 15) is 71.5 Å². The molecule has 14 N–H and O–H groups in total. The zero-order valence-electron chi connectivity index (χ0n) is 23.5. The first-order valence-electron chi connectivity index (χ1n) is 14.1. The zero-order chi connectivity index (χ0) is 33.3. The molecule has 4 saturated heterocycles. The average Bonchev–Trinajstić information content (AvgIpc) is 3.03. The topological polar surface area (TPSA) is 348 Å². The Bertz CT molecular complexity index is 916. The molecular weight excluding hydrogens is 624 g/mol. The summed E-state index contributed by atoms with van der Waals surface area (Å²) in [6.07, 6.45) is -36.3. The van der Waals surface area contributed by atoms with E-state index in [-0.39, 0.29) is 0 Å². The summed E-state index contributed by atoms with van der Waals surface area (Å²) < 4.78 is 37.9. The Hall–Kier alpha value is -0.840. The Kier molecular flexibility index (Phi) is 12.8. The minimum absolute atomic E-state index is 0.785. The highest BCUT2D eigenvalue weighted by molar-refractivity contribution is 4.97. The highest BCUT2D eigenvalue weighted by atomic mass is 16.8. The van der Waals surface area contributed by atoms with Crippen LogP contribution in [-0.4, -0.2) is 221 Å². The van der Waals surface area contributed by atoms with E-state index in [1.165, 1.54) is 0 Å². The standard InChI is InChI=1S/C24H42O21/c25-1-5-10(30)14(34)19(21(38)39-5)44-24-20(15(35)11(31)7(3-27)42-24)45-23-17(37)18(12(32)8(4-28)41-23)43-22-16(36)13(33)9(29)6(2-26)40-22/h5-38H,1-4H2/t5-,6-,7-,8-,9-,10-,11-,12-,13+,14+,15+,16-,17+,18+,19+,20+,21+,22-,23-,24-/m1/s1. The minimum Gasteiger partial charge on any atom is -0.394 e. The molecule has 0 unspecified atom stereocenters. The van der Waals surface area contributed by atoms with E-state index in [0.29, 0.717) is 0 Å². The van der Waals surface area contributed by atoms with E-state index in [2.05, 4.69) is 0 Å². The van der Waals surface area contributed by atoms with Gasteiger partial charge in [0.25, 0.3) is 0 Å². The van der Waals surface area contributed by atoms with Crippen molar-refractivity contribution in [2.75, 3.05) is 26.4 Å². The fourth-order valence-corrected chi connectivity index (χ4v) is 5.50. The van der Waals surface area contributed by atoms with Gasteiger partial charge in [-0.25, -0.2) is 0 Å². The monoisotopic (exact) mass is 666 g/mol. The second-order valence-electron chi connectivity index (χ2n) is 11.1. The van der Waals surface area contributed by atoms with E-state index in [4.69, 9.17) is 33.2 Å². The van der Waals surface area contributed by atoms with Crippen LogP contribution in [0.15, 0.2) is 0 Å². The van der Waals surface area contributed by atoms with Gasteiger partial charge < -0.3 is 105 Å².